The molecule has 0 aromatic heterocycles. The molecular weight excluding hydrogens is 136 g/mol. The standard InChI is InChI=1S/C10H10O/c1-3-8(2)9-4-6-10(11)7-5-9/h3-7,11H,1-2H2. The number of hydrogen-bond acceptors (Lipinski definition) is 1. The van der Waals surface area contributed by atoms with Crippen LogP contribution in [0.25, 0.3) is 5.57 Å². The highest BCUT2D eigenvalue weighted by molar-refractivity contribution is 5.71. The van der Waals surface area contributed by atoms with Crippen LogP contribution in [0.5, 0.6) is 5.75 Å². The molecule has 0 bridgehead atoms. The van der Waals surface area contributed by atoms with Crippen molar-refractivity contribution >= 4 is 5.57 Å². The van der Waals surface area contributed by atoms with E-state index >= 15 is 0 Å². The number of rotatable bonds is 2. The molecular formula is C10H10O. The van der Waals surface area contributed by atoms with Crippen LogP contribution in [0.3, 0.4) is 0 Å². The van der Waals surface area contributed by atoms with Crippen LogP contribution in [0.4, 0.5) is 0 Å². The van der Waals surface area contributed by atoms with Crippen LogP contribution in [0.2, 0.25) is 0 Å². The average molecular weight is 146 g/mol. The second-order valence-electron chi connectivity index (χ2n) is 2.28. The Hall–Kier alpha value is -1.50. The average Bonchev–Trinajstić information content (AvgIpc) is 2.05. The van der Waals surface area contributed by atoms with Crippen molar-refractivity contribution in [1.82, 2.24) is 0 Å². The summed E-state index contributed by atoms with van der Waals surface area (Å²) in [4.78, 5) is 0. The molecule has 1 nitrogen and oxygen atoms in total. The molecule has 56 valence electrons. The quantitative estimate of drug-likeness (QED) is 0.636. The smallest absolute Gasteiger partial charge is 0.115 e. The van der Waals surface area contributed by atoms with Gasteiger partial charge in [0, 0.05) is 0 Å². The van der Waals surface area contributed by atoms with Crippen molar-refractivity contribution in [3.05, 3.63) is 49.1 Å². The fraction of sp³-hybridized carbons (Fsp3) is 0. The van der Waals surface area contributed by atoms with Crippen LogP contribution < -0.4 is 0 Å². The van der Waals surface area contributed by atoms with Gasteiger partial charge in [0.25, 0.3) is 0 Å². The molecule has 1 heteroatoms. The van der Waals surface area contributed by atoms with Gasteiger partial charge in [-0.05, 0) is 23.3 Å². The van der Waals surface area contributed by atoms with Gasteiger partial charge in [0.2, 0.25) is 0 Å². The van der Waals surface area contributed by atoms with Gasteiger partial charge in [-0.25, -0.2) is 0 Å². The first kappa shape index (κ1) is 7.61. The van der Waals surface area contributed by atoms with Crippen molar-refractivity contribution in [2.75, 3.05) is 0 Å². The molecule has 1 N–H and O–H groups in total. The van der Waals surface area contributed by atoms with Crippen molar-refractivity contribution in [2.24, 2.45) is 0 Å². The lowest BCUT2D eigenvalue weighted by Gasteiger charge is -1.98. The highest BCUT2D eigenvalue weighted by Gasteiger charge is 1.92. The monoisotopic (exact) mass is 146 g/mol. The van der Waals surface area contributed by atoms with Gasteiger partial charge in [-0.15, -0.1) is 0 Å². The second-order valence-corrected chi connectivity index (χ2v) is 2.28. The van der Waals surface area contributed by atoms with E-state index in [4.69, 9.17) is 5.11 Å². The minimum atomic E-state index is 0.269. The fourth-order valence-electron chi connectivity index (χ4n) is 0.793. The first-order valence-electron chi connectivity index (χ1n) is 3.35. The van der Waals surface area contributed by atoms with Gasteiger partial charge in [0.05, 0.1) is 0 Å². The zero-order valence-corrected chi connectivity index (χ0v) is 6.25. The molecule has 0 amide bonds. The van der Waals surface area contributed by atoms with Crippen LogP contribution in [0, 0.1) is 0 Å². The Morgan fingerprint density at radius 1 is 1.27 bits per heavy atom. The van der Waals surface area contributed by atoms with Gasteiger partial charge in [-0.1, -0.05) is 31.4 Å². The SMILES string of the molecule is C=CC(=C)c1ccc(O)cc1. The third-order valence-electron chi connectivity index (χ3n) is 1.48. The number of hydrogen-bond donors (Lipinski definition) is 1. The third kappa shape index (κ3) is 1.71. The lowest BCUT2D eigenvalue weighted by Crippen LogP contribution is -1.75. The van der Waals surface area contributed by atoms with Crippen LogP contribution in [0.15, 0.2) is 43.5 Å². The molecule has 0 spiro atoms. The summed E-state index contributed by atoms with van der Waals surface area (Å²) in [5.41, 5.74) is 1.85. The number of phenols is 1. The summed E-state index contributed by atoms with van der Waals surface area (Å²) in [6.07, 6.45) is 1.69. The van der Waals surface area contributed by atoms with Gasteiger partial charge in [0.15, 0.2) is 0 Å². The van der Waals surface area contributed by atoms with E-state index in [1.54, 1.807) is 30.3 Å². The molecule has 1 rings (SSSR count). The van der Waals surface area contributed by atoms with Gasteiger partial charge in [-0.2, -0.15) is 0 Å². The summed E-state index contributed by atoms with van der Waals surface area (Å²) in [7, 11) is 0. The van der Waals surface area contributed by atoms with Gasteiger partial charge < -0.3 is 5.11 Å². The minimum Gasteiger partial charge on any atom is -0.508 e. The molecule has 0 saturated heterocycles. The summed E-state index contributed by atoms with van der Waals surface area (Å²) in [6.45, 7) is 7.37. The van der Waals surface area contributed by atoms with Crippen molar-refractivity contribution in [2.45, 2.75) is 0 Å². The van der Waals surface area contributed by atoms with E-state index in [2.05, 4.69) is 13.2 Å². The Kier molecular flexibility index (Phi) is 2.12. The first-order chi connectivity index (χ1) is 5.24. The molecule has 0 atom stereocenters. The maximum atomic E-state index is 8.96. The summed E-state index contributed by atoms with van der Waals surface area (Å²) < 4.78 is 0. The maximum absolute atomic E-state index is 8.96. The Labute approximate surface area is 66.3 Å². The molecule has 0 unspecified atom stereocenters. The number of phenolic OH excluding ortho intramolecular Hbond substituents is 1. The van der Waals surface area contributed by atoms with Gasteiger partial charge in [0.1, 0.15) is 5.75 Å². The zero-order valence-electron chi connectivity index (χ0n) is 6.25. The highest BCUT2D eigenvalue weighted by atomic mass is 16.3. The van der Waals surface area contributed by atoms with E-state index in [-0.39, 0.29) is 5.75 Å². The van der Waals surface area contributed by atoms with Crippen molar-refractivity contribution in [1.29, 1.82) is 0 Å². The molecule has 0 aliphatic rings. The zero-order chi connectivity index (χ0) is 8.27. The van der Waals surface area contributed by atoms with Crippen LogP contribution >= 0.6 is 0 Å². The van der Waals surface area contributed by atoms with Crippen LogP contribution in [-0.4, -0.2) is 5.11 Å². The van der Waals surface area contributed by atoms with E-state index in [0.29, 0.717) is 0 Å². The Bertz CT molecular complexity index is 269. The van der Waals surface area contributed by atoms with Crippen molar-refractivity contribution < 1.29 is 5.11 Å². The highest BCUT2D eigenvalue weighted by Crippen LogP contribution is 2.16. The van der Waals surface area contributed by atoms with E-state index in [9.17, 15) is 0 Å². The molecule has 0 aliphatic heterocycles. The van der Waals surface area contributed by atoms with Gasteiger partial charge >= 0.3 is 0 Å². The normalized spacial score (nSPS) is 9.09. The Morgan fingerprint density at radius 2 is 1.82 bits per heavy atom. The van der Waals surface area contributed by atoms with Crippen LogP contribution in [-0.2, 0) is 0 Å². The molecule has 1 aromatic carbocycles. The van der Waals surface area contributed by atoms with Crippen molar-refractivity contribution in [3.8, 4) is 5.75 Å². The van der Waals surface area contributed by atoms with E-state index in [0.717, 1.165) is 11.1 Å². The van der Waals surface area contributed by atoms with E-state index in [1.165, 1.54) is 0 Å². The molecule has 0 aliphatic carbocycles. The van der Waals surface area contributed by atoms with E-state index < -0.39 is 0 Å². The van der Waals surface area contributed by atoms with Crippen molar-refractivity contribution in [3.63, 3.8) is 0 Å². The summed E-state index contributed by atoms with van der Waals surface area (Å²) in [6, 6.07) is 6.87. The number of allylic oxidation sites excluding steroid dienone is 2. The number of aromatic hydroxyl groups is 1. The molecule has 1 aromatic rings. The lowest BCUT2D eigenvalue weighted by atomic mass is 10.1. The number of benzene rings is 1. The topological polar surface area (TPSA) is 20.2 Å². The first-order valence-corrected chi connectivity index (χ1v) is 3.35. The predicted molar refractivity (Wildman–Crippen MR) is 47.3 cm³/mol. The third-order valence-corrected chi connectivity index (χ3v) is 1.48. The Morgan fingerprint density at radius 3 is 2.27 bits per heavy atom. The predicted octanol–water partition coefficient (Wildman–Crippen LogP) is 2.59. The lowest BCUT2D eigenvalue weighted by molar-refractivity contribution is 0.475. The molecule has 0 fully saturated rings. The van der Waals surface area contributed by atoms with Gasteiger partial charge in [-0.3, -0.25) is 0 Å². The molecule has 11 heavy (non-hydrogen) atoms. The summed E-state index contributed by atoms with van der Waals surface area (Å²) in [5, 5.41) is 8.96. The molecule has 0 radical (unpaired) electrons. The Balaban J connectivity index is 2.98. The fourth-order valence-corrected chi connectivity index (χ4v) is 0.793. The van der Waals surface area contributed by atoms with E-state index in [1.807, 2.05) is 0 Å². The maximum Gasteiger partial charge on any atom is 0.115 e. The van der Waals surface area contributed by atoms with Crippen LogP contribution in [0.1, 0.15) is 5.56 Å². The largest absolute Gasteiger partial charge is 0.508 e. The summed E-state index contributed by atoms with van der Waals surface area (Å²) >= 11 is 0. The molecule has 0 heterocycles. The molecule has 0 saturated carbocycles. The second kappa shape index (κ2) is 3.06. The minimum absolute atomic E-state index is 0.269. The summed E-state index contributed by atoms with van der Waals surface area (Å²) in [5.74, 6) is 0.269.